The average molecular weight is 259 g/mol. The van der Waals surface area contributed by atoms with E-state index in [0.29, 0.717) is 15.9 Å². The van der Waals surface area contributed by atoms with Crippen LogP contribution in [0.4, 0.5) is 5.13 Å². The van der Waals surface area contributed by atoms with E-state index in [1.807, 2.05) is 30.3 Å². The molecule has 0 spiro atoms. The molecule has 0 bridgehead atoms. The number of hydrogen-bond donors (Lipinski definition) is 1. The van der Waals surface area contributed by atoms with Crippen molar-refractivity contribution in [1.29, 1.82) is 0 Å². The molecule has 0 aliphatic heterocycles. The van der Waals surface area contributed by atoms with E-state index in [1.54, 1.807) is 4.52 Å². The molecule has 1 N–H and O–H groups in total. The van der Waals surface area contributed by atoms with Crippen molar-refractivity contribution in [3.05, 3.63) is 30.3 Å². The van der Waals surface area contributed by atoms with Gasteiger partial charge in [0.05, 0.1) is 0 Å². The van der Waals surface area contributed by atoms with E-state index in [4.69, 9.17) is 0 Å². The summed E-state index contributed by atoms with van der Waals surface area (Å²) in [5.74, 6) is 0.514. The van der Waals surface area contributed by atoms with Crippen molar-refractivity contribution in [2.45, 2.75) is 6.92 Å². The molecule has 0 aliphatic carbocycles. The van der Waals surface area contributed by atoms with E-state index in [0.717, 1.165) is 5.56 Å². The second kappa shape index (κ2) is 4.19. The van der Waals surface area contributed by atoms with Gasteiger partial charge in [-0.2, -0.15) is 4.52 Å². The molecule has 0 unspecified atom stereocenters. The van der Waals surface area contributed by atoms with Crippen LogP contribution >= 0.6 is 11.3 Å². The van der Waals surface area contributed by atoms with Gasteiger partial charge in [0.25, 0.3) is 0 Å². The quantitative estimate of drug-likeness (QED) is 0.761. The van der Waals surface area contributed by atoms with E-state index < -0.39 is 0 Å². The third-order valence-electron chi connectivity index (χ3n) is 2.31. The lowest BCUT2D eigenvalue weighted by molar-refractivity contribution is -0.114. The van der Waals surface area contributed by atoms with Crippen LogP contribution in [0.3, 0.4) is 0 Å². The van der Waals surface area contributed by atoms with Crippen molar-refractivity contribution in [3.63, 3.8) is 0 Å². The summed E-state index contributed by atoms with van der Waals surface area (Å²) in [5, 5.41) is 15.6. The summed E-state index contributed by atoms with van der Waals surface area (Å²) in [6.45, 7) is 1.44. The Morgan fingerprint density at radius 1 is 1.28 bits per heavy atom. The van der Waals surface area contributed by atoms with Gasteiger partial charge < -0.3 is 5.32 Å². The number of anilines is 1. The fourth-order valence-corrected chi connectivity index (χ4v) is 2.37. The molecule has 1 amide bonds. The second-order valence-corrected chi connectivity index (χ2v) is 4.63. The largest absolute Gasteiger partial charge is 0.301 e. The summed E-state index contributed by atoms with van der Waals surface area (Å²) in [4.78, 5) is 11.6. The van der Waals surface area contributed by atoms with Gasteiger partial charge in [0.15, 0.2) is 5.82 Å². The highest BCUT2D eigenvalue weighted by Crippen LogP contribution is 2.23. The van der Waals surface area contributed by atoms with Gasteiger partial charge in [0, 0.05) is 12.5 Å². The van der Waals surface area contributed by atoms with Gasteiger partial charge in [-0.3, -0.25) is 4.79 Å². The zero-order valence-corrected chi connectivity index (χ0v) is 10.3. The molecule has 0 fully saturated rings. The van der Waals surface area contributed by atoms with Crippen molar-refractivity contribution in [2.24, 2.45) is 0 Å². The standard InChI is InChI=1S/C11H9N5OS/c1-7(17)12-10-15-16-9(13-14-11(16)18-10)8-5-3-2-4-6-8/h2-6H,1H3,(H,12,15,17). The number of nitrogens with zero attached hydrogens (tertiary/aromatic N) is 4. The lowest BCUT2D eigenvalue weighted by Crippen LogP contribution is -2.05. The molecule has 0 atom stereocenters. The highest BCUT2D eigenvalue weighted by atomic mass is 32.1. The second-order valence-electron chi connectivity index (χ2n) is 3.67. The highest BCUT2D eigenvalue weighted by molar-refractivity contribution is 7.20. The first-order valence-corrected chi connectivity index (χ1v) is 6.11. The number of hydrogen-bond acceptors (Lipinski definition) is 5. The maximum atomic E-state index is 11.0. The smallest absolute Gasteiger partial charge is 0.236 e. The molecular formula is C11H9N5OS. The normalized spacial score (nSPS) is 10.7. The molecule has 90 valence electrons. The summed E-state index contributed by atoms with van der Waals surface area (Å²) in [7, 11) is 0. The third-order valence-corrected chi connectivity index (χ3v) is 3.12. The molecule has 2 heterocycles. The molecular weight excluding hydrogens is 250 g/mol. The Kier molecular flexibility index (Phi) is 2.52. The van der Waals surface area contributed by atoms with E-state index in [1.165, 1.54) is 18.3 Å². The molecule has 7 heteroatoms. The van der Waals surface area contributed by atoms with E-state index in [2.05, 4.69) is 20.6 Å². The lowest BCUT2D eigenvalue weighted by Gasteiger charge is -1.95. The van der Waals surface area contributed by atoms with Gasteiger partial charge in [-0.15, -0.1) is 15.3 Å². The van der Waals surface area contributed by atoms with Gasteiger partial charge in [-0.1, -0.05) is 41.7 Å². The minimum absolute atomic E-state index is 0.152. The summed E-state index contributed by atoms with van der Waals surface area (Å²) in [6, 6.07) is 9.67. The molecule has 0 saturated heterocycles. The fraction of sp³-hybridized carbons (Fsp3) is 0.0909. The van der Waals surface area contributed by atoms with Crippen LogP contribution in [0.5, 0.6) is 0 Å². The fourth-order valence-electron chi connectivity index (χ4n) is 1.59. The van der Waals surface area contributed by atoms with Crippen LogP contribution in [0, 0.1) is 0 Å². The van der Waals surface area contributed by atoms with E-state index >= 15 is 0 Å². The van der Waals surface area contributed by atoms with Crippen LogP contribution in [-0.2, 0) is 4.79 Å². The summed E-state index contributed by atoms with van der Waals surface area (Å²) < 4.78 is 1.63. The number of rotatable bonds is 2. The van der Waals surface area contributed by atoms with Crippen LogP contribution in [0.15, 0.2) is 30.3 Å². The molecule has 1 aromatic carbocycles. The average Bonchev–Trinajstić information content (AvgIpc) is 2.88. The first-order valence-electron chi connectivity index (χ1n) is 5.29. The molecule has 18 heavy (non-hydrogen) atoms. The SMILES string of the molecule is CC(=O)Nc1nn2c(-c3ccccc3)nnc2s1. The van der Waals surface area contributed by atoms with E-state index in [9.17, 15) is 4.79 Å². The first-order chi connectivity index (χ1) is 8.74. The van der Waals surface area contributed by atoms with Crippen molar-refractivity contribution < 1.29 is 4.79 Å². The monoisotopic (exact) mass is 259 g/mol. The van der Waals surface area contributed by atoms with Gasteiger partial charge >= 0.3 is 0 Å². The lowest BCUT2D eigenvalue weighted by atomic mass is 10.2. The Morgan fingerprint density at radius 3 is 2.78 bits per heavy atom. The van der Waals surface area contributed by atoms with Gasteiger partial charge in [0.2, 0.25) is 16.0 Å². The molecule has 3 rings (SSSR count). The van der Waals surface area contributed by atoms with Gasteiger partial charge in [-0.05, 0) is 0 Å². The molecule has 0 radical (unpaired) electrons. The number of fused-ring (bicyclic) bond motifs is 1. The summed E-state index contributed by atoms with van der Waals surface area (Å²) >= 11 is 1.29. The zero-order chi connectivity index (χ0) is 12.5. The van der Waals surface area contributed by atoms with Crippen LogP contribution in [0.25, 0.3) is 16.3 Å². The van der Waals surface area contributed by atoms with Crippen molar-refractivity contribution in [2.75, 3.05) is 5.32 Å². The number of amides is 1. The topological polar surface area (TPSA) is 72.2 Å². The Morgan fingerprint density at radius 2 is 2.06 bits per heavy atom. The molecule has 0 aliphatic rings. The number of carbonyl (C=O) groups is 1. The predicted octanol–water partition coefficient (Wildman–Crippen LogP) is 1.81. The minimum Gasteiger partial charge on any atom is -0.301 e. The minimum atomic E-state index is -0.152. The van der Waals surface area contributed by atoms with E-state index in [-0.39, 0.29) is 5.91 Å². The first kappa shape index (κ1) is 10.8. The Bertz CT molecular complexity index is 703. The summed E-state index contributed by atoms with van der Waals surface area (Å²) in [6.07, 6.45) is 0. The predicted molar refractivity (Wildman–Crippen MR) is 68.4 cm³/mol. The molecule has 0 saturated carbocycles. The molecule has 2 aromatic heterocycles. The number of aromatic nitrogens is 4. The summed E-state index contributed by atoms with van der Waals surface area (Å²) in [5.41, 5.74) is 0.935. The number of nitrogens with one attached hydrogen (secondary N) is 1. The van der Waals surface area contributed by atoms with Crippen LogP contribution in [0.1, 0.15) is 6.92 Å². The zero-order valence-electron chi connectivity index (χ0n) is 9.49. The van der Waals surface area contributed by atoms with Crippen LogP contribution < -0.4 is 5.32 Å². The third kappa shape index (κ3) is 1.84. The Labute approximate surface area is 106 Å². The van der Waals surface area contributed by atoms with Crippen molar-refractivity contribution in [1.82, 2.24) is 19.8 Å². The molecule has 6 nitrogen and oxygen atoms in total. The maximum absolute atomic E-state index is 11.0. The highest BCUT2D eigenvalue weighted by Gasteiger charge is 2.13. The number of carbonyl (C=O) groups excluding carboxylic acids is 1. The van der Waals surface area contributed by atoms with Crippen LogP contribution in [0.2, 0.25) is 0 Å². The molecule has 3 aromatic rings. The number of benzene rings is 1. The Balaban J connectivity index is 2.08. The van der Waals surface area contributed by atoms with Crippen molar-refractivity contribution >= 4 is 27.3 Å². The van der Waals surface area contributed by atoms with Crippen molar-refractivity contribution in [3.8, 4) is 11.4 Å². The van der Waals surface area contributed by atoms with Gasteiger partial charge in [-0.25, -0.2) is 0 Å². The Hall–Kier alpha value is -2.28. The maximum Gasteiger partial charge on any atom is 0.236 e. The van der Waals surface area contributed by atoms with Gasteiger partial charge in [0.1, 0.15) is 0 Å². The van der Waals surface area contributed by atoms with Crippen LogP contribution in [-0.4, -0.2) is 25.7 Å².